The zero-order valence-electron chi connectivity index (χ0n) is 32.8. The minimum absolute atomic E-state index is 0.0215. The van der Waals surface area contributed by atoms with Gasteiger partial charge in [0.2, 0.25) is 27.7 Å². The first kappa shape index (κ1) is 41.6. The number of benzene rings is 1. The lowest BCUT2D eigenvalue weighted by molar-refractivity contribution is -0.159. The van der Waals surface area contributed by atoms with Crippen LogP contribution in [0.3, 0.4) is 0 Å². The van der Waals surface area contributed by atoms with E-state index in [9.17, 15) is 27.6 Å². The van der Waals surface area contributed by atoms with E-state index in [4.69, 9.17) is 14.2 Å². The van der Waals surface area contributed by atoms with Gasteiger partial charge in [-0.1, -0.05) is 25.0 Å². The number of hydrogen-bond acceptors (Lipinski definition) is 11. The molecule has 2 N–H and O–H groups in total. The summed E-state index contributed by atoms with van der Waals surface area (Å²) in [7, 11) is -2.45. The highest BCUT2D eigenvalue weighted by atomic mass is 32.2. The summed E-state index contributed by atoms with van der Waals surface area (Å²) in [6.07, 6.45) is 7.00. The summed E-state index contributed by atoms with van der Waals surface area (Å²) < 4.78 is 44.6. The van der Waals surface area contributed by atoms with Gasteiger partial charge in [-0.3, -0.25) is 23.9 Å². The zero-order chi connectivity index (χ0) is 40.3. The number of hydrogen-bond donors (Lipinski definition) is 2. The Morgan fingerprint density at radius 2 is 1.82 bits per heavy atom. The third-order valence-corrected chi connectivity index (χ3v) is 12.8. The van der Waals surface area contributed by atoms with Gasteiger partial charge in [-0.15, -0.1) is 13.2 Å². The molecule has 1 aromatic heterocycles. The van der Waals surface area contributed by atoms with Crippen LogP contribution in [-0.4, -0.2) is 88.7 Å². The second kappa shape index (κ2) is 16.3. The molecule has 0 radical (unpaired) electrons. The first-order valence-electron chi connectivity index (χ1n) is 19.0. The van der Waals surface area contributed by atoms with Crippen LogP contribution in [0.2, 0.25) is 0 Å². The van der Waals surface area contributed by atoms with Gasteiger partial charge in [-0.05, 0) is 85.3 Å². The molecular weight excluding hydrogens is 727 g/mol. The molecule has 55 heavy (non-hydrogen) atoms. The van der Waals surface area contributed by atoms with Crippen LogP contribution in [0.1, 0.15) is 97.6 Å². The second-order valence-electron chi connectivity index (χ2n) is 16.3. The molecule has 5 atom stereocenters. The van der Waals surface area contributed by atoms with E-state index in [0.29, 0.717) is 48.2 Å². The molecule has 2 saturated carbocycles. The summed E-state index contributed by atoms with van der Waals surface area (Å²) in [5.74, 6) is -2.98. The standard InChI is InChI=1S/C40H55N5O9S/c1-9-11-12-13-14-15-26(20-33(46)54-38(4,5)6)36(48)45-24-29(53-35-25(3)41-30-17-16-28(52-8)21-31(30)42-35)22-32(45)34(47)43-40(23-27(40)10-2)37(49)44-55(50,51)39(7)18-19-39/h9-10,16-17,21,26-27,29,32H,1-2,11-15,18-20,22-24H2,3-8H3,(H,43,47)(H,44,49)/t26-,27-,29-,32+,40-/m1/s1. The van der Waals surface area contributed by atoms with Gasteiger partial charge in [0.25, 0.3) is 5.91 Å². The average Bonchev–Trinajstić information content (AvgIpc) is 4.00. The molecule has 1 saturated heterocycles. The van der Waals surface area contributed by atoms with Crippen molar-refractivity contribution in [1.82, 2.24) is 24.9 Å². The number of methoxy groups -OCH3 is 1. The number of nitrogens with zero attached hydrogens (tertiary/aromatic N) is 3. The summed E-state index contributed by atoms with van der Waals surface area (Å²) in [5.41, 5.74) is -0.671. The number of carbonyl (C=O) groups excluding carboxylic acids is 4. The Morgan fingerprint density at radius 3 is 2.44 bits per heavy atom. The molecule has 1 aliphatic heterocycles. The van der Waals surface area contributed by atoms with Crippen molar-refractivity contribution in [3.63, 3.8) is 0 Å². The molecule has 14 nitrogen and oxygen atoms in total. The molecule has 3 fully saturated rings. The van der Waals surface area contributed by atoms with Gasteiger partial charge in [0.1, 0.15) is 34.7 Å². The van der Waals surface area contributed by atoms with Gasteiger partial charge in [0, 0.05) is 24.3 Å². The van der Waals surface area contributed by atoms with Crippen molar-refractivity contribution in [2.45, 2.75) is 127 Å². The molecule has 2 aliphatic carbocycles. The van der Waals surface area contributed by atoms with Crippen molar-refractivity contribution in [2.75, 3.05) is 13.7 Å². The van der Waals surface area contributed by atoms with E-state index in [2.05, 4.69) is 33.2 Å². The van der Waals surface area contributed by atoms with E-state index < -0.39 is 73.6 Å². The number of esters is 1. The minimum Gasteiger partial charge on any atom is -0.497 e. The highest BCUT2D eigenvalue weighted by Crippen LogP contribution is 2.47. The number of nitrogens with one attached hydrogen (secondary N) is 2. The molecule has 2 heterocycles. The topological polar surface area (TPSA) is 183 Å². The van der Waals surface area contributed by atoms with Crippen LogP contribution < -0.4 is 19.5 Å². The summed E-state index contributed by atoms with van der Waals surface area (Å²) in [5, 5.41) is 2.82. The van der Waals surface area contributed by atoms with Crippen LogP contribution in [-0.2, 0) is 33.9 Å². The Bertz CT molecular complexity index is 1940. The number of rotatable bonds is 18. The Kier molecular flexibility index (Phi) is 12.3. The number of aryl methyl sites for hydroxylation is 1. The van der Waals surface area contributed by atoms with Crippen molar-refractivity contribution in [3.05, 3.63) is 49.2 Å². The van der Waals surface area contributed by atoms with Crippen LogP contribution in [0.5, 0.6) is 11.6 Å². The van der Waals surface area contributed by atoms with E-state index in [-0.39, 0.29) is 31.7 Å². The van der Waals surface area contributed by atoms with Gasteiger partial charge < -0.3 is 24.4 Å². The maximum Gasteiger partial charge on any atom is 0.307 e. The van der Waals surface area contributed by atoms with E-state index in [1.165, 1.54) is 11.0 Å². The lowest BCUT2D eigenvalue weighted by atomic mass is 9.95. The quantitative estimate of drug-likeness (QED) is 0.120. The third-order valence-electron chi connectivity index (χ3n) is 10.7. The smallest absolute Gasteiger partial charge is 0.307 e. The fourth-order valence-corrected chi connectivity index (χ4v) is 8.30. The predicted molar refractivity (Wildman–Crippen MR) is 206 cm³/mol. The number of amides is 3. The Balaban J connectivity index is 1.43. The SMILES string of the molecule is C=CCCCCC[C@H](CC(=O)OC(C)(C)C)C(=O)N1C[C@H](Oc2nc3cc(OC)ccc3nc2C)C[C@H]1C(=O)N[C@]1(C(=O)NS(=O)(=O)C2(C)CC2)C[C@H]1C=C. The molecule has 3 amide bonds. The fraction of sp³-hybridized carbons (Fsp3) is 0.600. The highest BCUT2D eigenvalue weighted by Gasteiger charge is 2.63. The maximum atomic E-state index is 14.6. The number of allylic oxidation sites excluding steroid dienone is 1. The Morgan fingerprint density at radius 1 is 1.09 bits per heavy atom. The summed E-state index contributed by atoms with van der Waals surface area (Å²) in [6, 6.07) is 4.17. The molecule has 300 valence electrons. The van der Waals surface area contributed by atoms with Crippen molar-refractivity contribution < 1.29 is 41.8 Å². The van der Waals surface area contributed by atoms with Crippen LogP contribution >= 0.6 is 0 Å². The van der Waals surface area contributed by atoms with Crippen molar-refractivity contribution in [3.8, 4) is 11.6 Å². The van der Waals surface area contributed by atoms with Gasteiger partial charge in [0.15, 0.2) is 0 Å². The molecule has 0 bridgehead atoms. The number of fused-ring (bicyclic) bond motifs is 1. The van der Waals surface area contributed by atoms with E-state index in [1.54, 1.807) is 59.9 Å². The van der Waals surface area contributed by atoms with Gasteiger partial charge in [-0.25, -0.2) is 18.4 Å². The predicted octanol–water partition coefficient (Wildman–Crippen LogP) is 4.84. The molecular formula is C40H55N5O9S. The third kappa shape index (κ3) is 9.65. The summed E-state index contributed by atoms with van der Waals surface area (Å²) in [4.78, 5) is 66.4. The van der Waals surface area contributed by atoms with E-state index >= 15 is 0 Å². The molecule has 0 unspecified atom stereocenters. The van der Waals surface area contributed by atoms with E-state index in [1.807, 2.05) is 6.08 Å². The van der Waals surface area contributed by atoms with Crippen molar-refractivity contribution >= 4 is 44.7 Å². The van der Waals surface area contributed by atoms with Gasteiger partial charge in [0.05, 0.1) is 35.9 Å². The van der Waals surface area contributed by atoms with Crippen molar-refractivity contribution in [2.24, 2.45) is 11.8 Å². The molecule has 5 rings (SSSR count). The number of aromatic nitrogens is 2. The first-order chi connectivity index (χ1) is 25.8. The van der Waals surface area contributed by atoms with Gasteiger partial charge >= 0.3 is 5.97 Å². The van der Waals surface area contributed by atoms with Crippen LogP contribution in [0.15, 0.2) is 43.5 Å². The first-order valence-corrected chi connectivity index (χ1v) is 20.5. The van der Waals surface area contributed by atoms with Crippen LogP contribution in [0.4, 0.5) is 0 Å². The Hall–Kier alpha value is -4.53. The monoisotopic (exact) mass is 781 g/mol. The lowest BCUT2D eigenvalue weighted by Crippen LogP contribution is -2.57. The summed E-state index contributed by atoms with van der Waals surface area (Å²) >= 11 is 0. The number of carbonyl (C=O) groups is 4. The molecule has 0 spiro atoms. The largest absolute Gasteiger partial charge is 0.497 e. The number of unbranched alkanes of at least 4 members (excludes halogenated alkanes) is 3. The zero-order valence-corrected chi connectivity index (χ0v) is 33.6. The van der Waals surface area contributed by atoms with Crippen LogP contribution in [0.25, 0.3) is 11.0 Å². The molecule has 3 aliphatic rings. The Labute approximate surface area is 323 Å². The number of sulfonamides is 1. The summed E-state index contributed by atoms with van der Waals surface area (Å²) in [6.45, 7) is 16.1. The maximum absolute atomic E-state index is 14.6. The second-order valence-corrected chi connectivity index (χ2v) is 18.5. The normalized spacial score (nSPS) is 23.3. The van der Waals surface area contributed by atoms with Crippen molar-refractivity contribution in [1.29, 1.82) is 0 Å². The van der Waals surface area contributed by atoms with Gasteiger partial charge in [-0.2, -0.15) is 0 Å². The number of ether oxygens (including phenoxy) is 3. The van der Waals surface area contributed by atoms with Crippen LogP contribution in [0, 0.1) is 18.8 Å². The number of likely N-dealkylation sites (tertiary alicyclic amines) is 1. The average molecular weight is 782 g/mol. The molecule has 2 aromatic rings. The molecule has 15 heteroatoms. The fourth-order valence-electron chi connectivity index (χ4n) is 6.98. The molecule has 1 aromatic carbocycles. The van der Waals surface area contributed by atoms with E-state index in [0.717, 1.165) is 19.3 Å². The highest BCUT2D eigenvalue weighted by molar-refractivity contribution is 7.91. The lowest BCUT2D eigenvalue weighted by Gasteiger charge is -2.30. The minimum atomic E-state index is -4.00.